The summed E-state index contributed by atoms with van der Waals surface area (Å²) in [6.45, 7) is 5.58. The predicted molar refractivity (Wildman–Crippen MR) is 113 cm³/mol. The highest BCUT2D eigenvalue weighted by Gasteiger charge is 2.19. The van der Waals surface area contributed by atoms with E-state index in [0.717, 1.165) is 12.0 Å². The molecule has 0 radical (unpaired) electrons. The van der Waals surface area contributed by atoms with Crippen molar-refractivity contribution < 1.29 is 14.6 Å². The van der Waals surface area contributed by atoms with E-state index in [1.807, 2.05) is 81.5 Å². The normalized spacial score (nSPS) is 13.9. The number of hydrogen-bond acceptors (Lipinski definition) is 3. The van der Waals surface area contributed by atoms with E-state index in [1.54, 1.807) is 0 Å². The number of amides is 1. The lowest BCUT2D eigenvalue weighted by atomic mass is 9.97. The van der Waals surface area contributed by atoms with E-state index in [4.69, 9.17) is 4.74 Å². The summed E-state index contributed by atoms with van der Waals surface area (Å²) in [4.78, 5) is 12.2. The number of carbonyl (C=O) groups excluding carboxylic acids is 1. The summed E-state index contributed by atoms with van der Waals surface area (Å²) in [6.07, 6.45) is 4.90. The van der Waals surface area contributed by atoms with Crippen molar-refractivity contribution in [2.75, 3.05) is 6.61 Å². The van der Waals surface area contributed by atoms with Crippen LogP contribution in [0.1, 0.15) is 31.9 Å². The predicted octanol–water partition coefficient (Wildman–Crippen LogP) is 4.53. The standard InChI is InChI=1S/C24H31NO3/c1-24(2,3)28-23(27)25-22(17-20-12-8-5-9-13-20)15-14-21(18-26)16-19-10-6-4-7-11-19/h4-15,21-22,26H,16-18H2,1-3H3,(H,25,27)/b15-14+/t21-,22-/m1/s1. The molecule has 28 heavy (non-hydrogen) atoms. The maximum Gasteiger partial charge on any atom is 0.408 e. The number of hydrogen-bond donors (Lipinski definition) is 2. The molecule has 0 saturated carbocycles. The first-order valence-electron chi connectivity index (χ1n) is 9.72. The maximum absolute atomic E-state index is 12.2. The van der Waals surface area contributed by atoms with Gasteiger partial charge < -0.3 is 15.2 Å². The highest BCUT2D eigenvalue weighted by molar-refractivity contribution is 5.68. The molecule has 150 valence electrons. The number of alkyl carbamates (subject to hydrolysis) is 1. The molecule has 4 heteroatoms. The van der Waals surface area contributed by atoms with Crippen molar-refractivity contribution in [3.8, 4) is 0 Å². The van der Waals surface area contributed by atoms with E-state index >= 15 is 0 Å². The number of rotatable bonds is 8. The van der Waals surface area contributed by atoms with E-state index in [0.29, 0.717) is 6.42 Å². The molecular weight excluding hydrogens is 350 g/mol. The molecule has 0 aliphatic heterocycles. The van der Waals surface area contributed by atoms with Crippen LogP contribution in [0.4, 0.5) is 4.79 Å². The summed E-state index contributed by atoms with van der Waals surface area (Å²) in [5.41, 5.74) is 1.74. The average molecular weight is 382 g/mol. The molecule has 0 heterocycles. The summed E-state index contributed by atoms with van der Waals surface area (Å²) < 4.78 is 5.40. The molecule has 0 aromatic heterocycles. The summed E-state index contributed by atoms with van der Waals surface area (Å²) >= 11 is 0. The Morgan fingerprint density at radius 2 is 1.50 bits per heavy atom. The molecule has 2 aromatic carbocycles. The van der Waals surface area contributed by atoms with Gasteiger partial charge in [0.2, 0.25) is 0 Å². The monoisotopic (exact) mass is 381 g/mol. The molecule has 2 rings (SSSR count). The SMILES string of the molecule is CC(C)(C)OC(=O)N[C@H](/C=C/[C@@H](CO)Cc1ccccc1)Cc1ccccc1. The minimum atomic E-state index is -0.550. The van der Waals surface area contributed by atoms with Crippen LogP contribution in [0.3, 0.4) is 0 Å². The average Bonchev–Trinajstić information content (AvgIpc) is 2.65. The van der Waals surface area contributed by atoms with Crippen LogP contribution >= 0.6 is 0 Å². The summed E-state index contributed by atoms with van der Waals surface area (Å²) in [7, 11) is 0. The molecule has 0 aliphatic rings. The first-order valence-corrected chi connectivity index (χ1v) is 9.72. The molecule has 1 amide bonds. The molecule has 0 unspecified atom stereocenters. The Morgan fingerprint density at radius 1 is 0.964 bits per heavy atom. The second-order valence-electron chi connectivity index (χ2n) is 7.96. The van der Waals surface area contributed by atoms with Crippen LogP contribution in [0.15, 0.2) is 72.8 Å². The van der Waals surface area contributed by atoms with Crippen molar-refractivity contribution in [1.29, 1.82) is 0 Å². The third kappa shape index (κ3) is 8.40. The smallest absolute Gasteiger partial charge is 0.408 e. The molecule has 0 fully saturated rings. The fourth-order valence-electron chi connectivity index (χ4n) is 2.90. The van der Waals surface area contributed by atoms with Crippen molar-refractivity contribution in [2.24, 2.45) is 5.92 Å². The van der Waals surface area contributed by atoms with Gasteiger partial charge in [0.15, 0.2) is 0 Å². The maximum atomic E-state index is 12.2. The number of carbonyl (C=O) groups is 1. The number of aliphatic hydroxyl groups is 1. The first-order chi connectivity index (χ1) is 13.4. The van der Waals surface area contributed by atoms with Crippen LogP contribution in [-0.4, -0.2) is 29.4 Å². The van der Waals surface area contributed by atoms with Gasteiger partial charge in [-0.2, -0.15) is 0 Å². The Labute approximate surface area is 168 Å². The fraction of sp³-hybridized carbons (Fsp3) is 0.375. The van der Waals surface area contributed by atoms with Gasteiger partial charge in [-0.3, -0.25) is 0 Å². The Kier molecular flexibility index (Phi) is 8.27. The van der Waals surface area contributed by atoms with Gasteiger partial charge in [-0.25, -0.2) is 4.79 Å². The second kappa shape index (κ2) is 10.7. The number of aliphatic hydroxyl groups excluding tert-OH is 1. The minimum Gasteiger partial charge on any atom is -0.444 e. The molecular formula is C24H31NO3. The first kappa shape index (κ1) is 21.7. The Balaban J connectivity index is 2.07. The molecule has 0 aliphatic carbocycles. The highest BCUT2D eigenvalue weighted by atomic mass is 16.6. The zero-order valence-corrected chi connectivity index (χ0v) is 17.0. The fourth-order valence-corrected chi connectivity index (χ4v) is 2.90. The third-order valence-corrected chi connectivity index (χ3v) is 4.19. The van der Waals surface area contributed by atoms with Gasteiger partial charge in [-0.1, -0.05) is 72.8 Å². The van der Waals surface area contributed by atoms with Crippen LogP contribution < -0.4 is 5.32 Å². The van der Waals surface area contributed by atoms with Gasteiger partial charge in [0, 0.05) is 12.5 Å². The molecule has 0 bridgehead atoms. The van der Waals surface area contributed by atoms with Crippen LogP contribution in [0.2, 0.25) is 0 Å². The van der Waals surface area contributed by atoms with Crippen molar-refractivity contribution in [2.45, 2.75) is 45.3 Å². The molecule has 0 saturated heterocycles. The van der Waals surface area contributed by atoms with Crippen molar-refractivity contribution in [1.82, 2.24) is 5.32 Å². The summed E-state index contributed by atoms with van der Waals surface area (Å²) in [5.74, 6) is -0.0129. The van der Waals surface area contributed by atoms with Crippen molar-refractivity contribution >= 4 is 6.09 Å². The zero-order valence-electron chi connectivity index (χ0n) is 17.0. The molecule has 2 N–H and O–H groups in total. The number of benzene rings is 2. The van der Waals surface area contributed by atoms with E-state index in [1.165, 1.54) is 5.56 Å². The zero-order chi connectivity index (χ0) is 20.4. The van der Waals surface area contributed by atoms with E-state index in [9.17, 15) is 9.90 Å². The second-order valence-corrected chi connectivity index (χ2v) is 7.96. The van der Waals surface area contributed by atoms with Crippen LogP contribution in [-0.2, 0) is 17.6 Å². The Bertz CT molecular complexity index is 735. The van der Waals surface area contributed by atoms with E-state index in [2.05, 4.69) is 17.4 Å². The molecule has 4 nitrogen and oxygen atoms in total. The third-order valence-electron chi connectivity index (χ3n) is 4.19. The summed E-state index contributed by atoms with van der Waals surface area (Å²) in [5, 5.41) is 12.7. The van der Waals surface area contributed by atoms with E-state index in [-0.39, 0.29) is 18.6 Å². The largest absolute Gasteiger partial charge is 0.444 e. The van der Waals surface area contributed by atoms with E-state index < -0.39 is 11.7 Å². The number of ether oxygens (including phenoxy) is 1. The van der Waals surface area contributed by atoms with Crippen molar-refractivity contribution in [3.05, 3.63) is 83.9 Å². The highest BCUT2D eigenvalue weighted by Crippen LogP contribution is 2.13. The van der Waals surface area contributed by atoms with Gasteiger partial charge in [-0.15, -0.1) is 0 Å². The number of nitrogens with one attached hydrogen (secondary N) is 1. The van der Waals surface area contributed by atoms with Crippen LogP contribution in [0.5, 0.6) is 0 Å². The lowest BCUT2D eigenvalue weighted by Crippen LogP contribution is -2.39. The molecule has 2 atom stereocenters. The van der Waals surface area contributed by atoms with Gasteiger partial charge >= 0.3 is 6.09 Å². The summed E-state index contributed by atoms with van der Waals surface area (Å²) in [6, 6.07) is 19.9. The molecule has 2 aromatic rings. The van der Waals surface area contributed by atoms with Gasteiger partial charge in [0.05, 0.1) is 6.04 Å². The Morgan fingerprint density at radius 3 is 2.00 bits per heavy atom. The van der Waals surface area contributed by atoms with Crippen molar-refractivity contribution in [3.63, 3.8) is 0 Å². The molecule has 0 spiro atoms. The minimum absolute atomic E-state index is 0.0129. The lowest BCUT2D eigenvalue weighted by Gasteiger charge is -2.22. The Hall–Kier alpha value is -2.59. The van der Waals surface area contributed by atoms with Gasteiger partial charge in [-0.05, 0) is 44.7 Å². The quantitative estimate of drug-likeness (QED) is 0.661. The lowest BCUT2D eigenvalue weighted by molar-refractivity contribution is 0.0514. The topological polar surface area (TPSA) is 58.6 Å². The van der Waals surface area contributed by atoms with Gasteiger partial charge in [0.25, 0.3) is 0 Å². The van der Waals surface area contributed by atoms with Crippen LogP contribution in [0.25, 0.3) is 0 Å². The van der Waals surface area contributed by atoms with Gasteiger partial charge in [0.1, 0.15) is 5.60 Å². The van der Waals surface area contributed by atoms with Crippen LogP contribution in [0, 0.1) is 5.92 Å².